The van der Waals surface area contributed by atoms with Crippen LogP contribution in [0.3, 0.4) is 0 Å². The fraction of sp³-hybridized carbons (Fsp3) is 0.200. The van der Waals surface area contributed by atoms with Crippen molar-refractivity contribution in [2.24, 2.45) is 14.1 Å². The zero-order valence-electron chi connectivity index (χ0n) is 19.9. The average Bonchev–Trinajstić information content (AvgIpc) is 3.53. The van der Waals surface area contributed by atoms with Crippen molar-refractivity contribution in [3.63, 3.8) is 0 Å². The number of fused-ring (bicyclic) bond motifs is 1. The summed E-state index contributed by atoms with van der Waals surface area (Å²) in [6, 6.07) is 9.71. The molecule has 2 heterocycles. The highest BCUT2D eigenvalue weighted by Crippen LogP contribution is 2.18. The van der Waals surface area contributed by atoms with Crippen LogP contribution in [-0.2, 0) is 23.7 Å². The molecule has 18 heteroatoms. The van der Waals surface area contributed by atoms with E-state index in [1.807, 2.05) is 0 Å². The van der Waals surface area contributed by atoms with E-state index in [0.29, 0.717) is 32.2 Å². The number of aryl methyl sites for hydroxylation is 2. The minimum Gasteiger partial charge on any atom is -0.272 e. The number of benzene rings is 2. The Bertz CT molecular complexity index is 1390. The van der Waals surface area contributed by atoms with Crippen molar-refractivity contribution in [3.8, 4) is 0 Å². The molecule has 0 aliphatic rings. The van der Waals surface area contributed by atoms with Crippen LogP contribution in [0.1, 0.15) is 20.7 Å². The molecule has 0 unspecified atom stereocenters. The number of hydrazine groups is 2. The highest BCUT2D eigenvalue weighted by molar-refractivity contribution is 8.00. The molecule has 0 radical (unpaired) electrons. The number of aromatic nitrogens is 8. The first-order valence-electron chi connectivity index (χ1n) is 10.7. The third-order valence-electron chi connectivity index (χ3n) is 4.82. The van der Waals surface area contributed by atoms with Gasteiger partial charge in [0.05, 0.1) is 11.5 Å². The summed E-state index contributed by atoms with van der Waals surface area (Å²) in [6.45, 7) is 0. The van der Waals surface area contributed by atoms with Crippen LogP contribution in [0.15, 0.2) is 46.7 Å². The quantitative estimate of drug-likeness (QED) is 0.152. The zero-order valence-corrected chi connectivity index (χ0v) is 21.5. The second-order valence-electron chi connectivity index (χ2n) is 7.53. The number of tetrazole rings is 2. The molecule has 0 spiro atoms. The molecule has 0 saturated heterocycles. The number of hydrogen-bond donors (Lipinski definition) is 4. The Balaban J connectivity index is 1.26. The average molecular weight is 557 g/mol. The predicted molar refractivity (Wildman–Crippen MR) is 134 cm³/mol. The number of thioether (sulfide) groups is 2. The molecule has 4 N–H and O–H groups in total. The third-order valence-corrected chi connectivity index (χ3v) is 6.84. The predicted octanol–water partition coefficient (Wildman–Crippen LogP) is -1.01. The molecule has 0 atom stereocenters. The molecule has 4 amide bonds. The van der Waals surface area contributed by atoms with Crippen molar-refractivity contribution in [2.75, 3.05) is 11.5 Å². The van der Waals surface area contributed by atoms with Crippen LogP contribution >= 0.6 is 23.5 Å². The van der Waals surface area contributed by atoms with Gasteiger partial charge in [0.25, 0.3) is 11.8 Å². The summed E-state index contributed by atoms with van der Waals surface area (Å²) in [5.41, 5.74) is 10.0. The molecule has 2 aromatic heterocycles. The molecule has 0 aliphatic carbocycles. The Morgan fingerprint density at radius 3 is 1.47 bits per heavy atom. The third kappa shape index (κ3) is 6.79. The molecule has 4 rings (SSSR count). The van der Waals surface area contributed by atoms with Gasteiger partial charge in [-0.1, -0.05) is 35.7 Å². The van der Waals surface area contributed by atoms with Crippen molar-refractivity contribution >= 4 is 57.9 Å². The second kappa shape index (κ2) is 12.1. The summed E-state index contributed by atoms with van der Waals surface area (Å²) in [5.74, 6) is -1.86. The number of rotatable bonds is 8. The Morgan fingerprint density at radius 2 is 1.11 bits per heavy atom. The fourth-order valence-corrected chi connectivity index (χ4v) is 4.24. The van der Waals surface area contributed by atoms with Gasteiger partial charge in [0.15, 0.2) is 0 Å². The van der Waals surface area contributed by atoms with Crippen molar-refractivity contribution in [3.05, 3.63) is 47.5 Å². The van der Waals surface area contributed by atoms with Gasteiger partial charge in [0, 0.05) is 25.2 Å². The molecule has 0 aliphatic heterocycles. The standard InChI is InChI=1S/C20H20N12O4S2/c1-31-19(25-27-29-31)37-9-15(33)21-23-17(35)13-5-3-12-8-14(6-4-11(12)7-13)18(36)24-22-16(34)10-38-20-26-28-30-32(20)2/h3-8H,9-10H2,1-2H3,(H,21,33)(H,22,34)(H,23,35)(H,24,36). The van der Waals surface area contributed by atoms with E-state index in [1.165, 1.54) is 9.36 Å². The van der Waals surface area contributed by atoms with Crippen molar-refractivity contribution < 1.29 is 19.2 Å². The van der Waals surface area contributed by atoms with Crippen LogP contribution in [0, 0.1) is 0 Å². The van der Waals surface area contributed by atoms with Gasteiger partial charge in [-0.3, -0.25) is 40.9 Å². The highest BCUT2D eigenvalue weighted by Gasteiger charge is 2.13. The van der Waals surface area contributed by atoms with E-state index in [-0.39, 0.29) is 11.5 Å². The second-order valence-corrected chi connectivity index (χ2v) is 9.41. The monoisotopic (exact) mass is 556 g/mol. The van der Waals surface area contributed by atoms with Crippen LogP contribution in [0.2, 0.25) is 0 Å². The Morgan fingerprint density at radius 1 is 0.684 bits per heavy atom. The minimum atomic E-state index is -0.509. The first kappa shape index (κ1) is 26.5. The van der Waals surface area contributed by atoms with E-state index < -0.39 is 23.6 Å². The summed E-state index contributed by atoms with van der Waals surface area (Å²) >= 11 is 2.24. The Hall–Kier alpha value is -4.58. The maximum absolute atomic E-state index is 12.5. The Labute approximate surface area is 222 Å². The molecule has 0 bridgehead atoms. The summed E-state index contributed by atoms with van der Waals surface area (Å²) < 4.78 is 2.86. The van der Waals surface area contributed by atoms with E-state index in [4.69, 9.17) is 0 Å². The molecule has 16 nitrogen and oxygen atoms in total. The largest absolute Gasteiger partial charge is 0.272 e. The number of carbonyl (C=O) groups is 4. The lowest BCUT2D eigenvalue weighted by Gasteiger charge is -2.09. The first-order chi connectivity index (χ1) is 18.3. The lowest BCUT2D eigenvalue weighted by Crippen LogP contribution is -2.42. The topological polar surface area (TPSA) is 204 Å². The SMILES string of the molecule is Cn1nnnc1SCC(=O)NNC(=O)c1ccc2cc(C(=O)NNC(=O)CSc3nnnn3C)ccc2c1. The smallest absolute Gasteiger partial charge is 0.269 e. The molecule has 2 aromatic carbocycles. The molecule has 0 saturated carbocycles. The van der Waals surface area contributed by atoms with Gasteiger partial charge in [-0.05, 0) is 55.9 Å². The Kier molecular flexibility index (Phi) is 8.44. The minimum absolute atomic E-state index is 0.00935. The van der Waals surface area contributed by atoms with Crippen molar-refractivity contribution in [2.45, 2.75) is 10.3 Å². The number of hydrogen-bond acceptors (Lipinski definition) is 12. The highest BCUT2D eigenvalue weighted by atomic mass is 32.2. The van der Waals surface area contributed by atoms with E-state index in [9.17, 15) is 19.2 Å². The van der Waals surface area contributed by atoms with Crippen LogP contribution in [0.5, 0.6) is 0 Å². The van der Waals surface area contributed by atoms with Gasteiger partial charge < -0.3 is 0 Å². The molecule has 4 aromatic rings. The maximum Gasteiger partial charge on any atom is 0.269 e. The normalized spacial score (nSPS) is 10.7. The lowest BCUT2D eigenvalue weighted by molar-refractivity contribution is -0.120. The zero-order chi connectivity index (χ0) is 27.1. The van der Waals surface area contributed by atoms with Gasteiger partial charge in [-0.15, -0.1) is 10.2 Å². The maximum atomic E-state index is 12.5. The molecule has 38 heavy (non-hydrogen) atoms. The van der Waals surface area contributed by atoms with E-state index in [0.717, 1.165) is 23.5 Å². The summed E-state index contributed by atoms with van der Waals surface area (Å²) in [6.07, 6.45) is 0. The van der Waals surface area contributed by atoms with E-state index in [2.05, 4.69) is 52.8 Å². The first-order valence-corrected chi connectivity index (χ1v) is 12.7. The van der Waals surface area contributed by atoms with E-state index >= 15 is 0 Å². The van der Waals surface area contributed by atoms with Gasteiger partial charge in [-0.2, -0.15) is 0 Å². The van der Waals surface area contributed by atoms with Crippen molar-refractivity contribution in [1.82, 2.24) is 62.1 Å². The number of nitrogens with one attached hydrogen (secondary N) is 4. The summed E-state index contributed by atoms with van der Waals surface area (Å²) in [4.78, 5) is 48.9. The summed E-state index contributed by atoms with van der Waals surface area (Å²) in [5, 5.41) is 24.1. The van der Waals surface area contributed by atoms with Gasteiger partial charge in [0.1, 0.15) is 0 Å². The molecular formula is C20H20N12O4S2. The summed E-state index contributed by atoms with van der Waals surface area (Å²) in [7, 11) is 3.30. The van der Waals surface area contributed by atoms with Gasteiger partial charge in [-0.25, -0.2) is 9.36 Å². The van der Waals surface area contributed by atoms with Gasteiger partial charge >= 0.3 is 0 Å². The fourth-order valence-electron chi connectivity index (χ4n) is 2.94. The molecular weight excluding hydrogens is 536 g/mol. The van der Waals surface area contributed by atoms with Crippen LogP contribution in [-0.4, -0.2) is 75.5 Å². The number of carbonyl (C=O) groups excluding carboxylic acids is 4. The molecule has 0 fully saturated rings. The van der Waals surface area contributed by atoms with Crippen LogP contribution < -0.4 is 21.7 Å². The lowest BCUT2D eigenvalue weighted by atomic mass is 10.0. The van der Waals surface area contributed by atoms with Gasteiger partial charge in [0.2, 0.25) is 22.1 Å². The van der Waals surface area contributed by atoms with Crippen LogP contribution in [0.25, 0.3) is 10.8 Å². The number of amides is 4. The molecule has 196 valence electrons. The number of nitrogens with zero attached hydrogens (tertiary/aromatic N) is 8. The van der Waals surface area contributed by atoms with Crippen LogP contribution in [0.4, 0.5) is 0 Å². The van der Waals surface area contributed by atoms with Crippen molar-refractivity contribution in [1.29, 1.82) is 0 Å². The van der Waals surface area contributed by atoms with E-state index in [1.54, 1.807) is 50.5 Å².